The molecule has 0 radical (unpaired) electrons. The van der Waals surface area contributed by atoms with Crippen LogP contribution in [-0.4, -0.2) is 22.2 Å². The number of halogens is 1. The second-order valence-electron chi connectivity index (χ2n) is 4.95. The Bertz CT molecular complexity index is 476. The molecule has 0 aromatic heterocycles. The number of aliphatic carboxylic acids is 1. The van der Waals surface area contributed by atoms with E-state index in [2.05, 4.69) is 20.5 Å². The maximum atomic E-state index is 11.0. The number of benzene rings is 1. The molecule has 0 amide bonds. The first-order chi connectivity index (χ1) is 9.13. The van der Waals surface area contributed by atoms with E-state index in [-0.39, 0.29) is 0 Å². The van der Waals surface area contributed by atoms with Crippen LogP contribution in [0.5, 0.6) is 5.75 Å². The predicted molar refractivity (Wildman–Crippen MR) is 76.6 cm³/mol. The Morgan fingerprint density at radius 3 is 2.63 bits per heavy atom. The third-order valence-corrected chi connectivity index (χ3v) is 4.29. The van der Waals surface area contributed by atoms with E-state index in [4.69, 9.17) is 5.11 Å². The van der Waals surface area contributed by atoms with Crippen molar-refractivity contribution in [2.24, 2.45) is 0 Å². The first-order valence-corrected chi connectivity index (χ1v) is 7.34. The molecule has 1 aromatic carbocycles. The van der Waals surface area contributed by atoms with Crippen molar-refractivity contribution in [1.82, 2.24) is 4.34 Å². The Kier molecular flexibility index (Phi) is 4.82. The zero-order chi connectivity index (χ0) is 13.8. The topological polar surface area (TPSA) is 69.6 Å². The van der Waals surface area contributed by atoms with E-state index in [1.807, 2.05) is 6.07 Å². The number of aryl methyl sites for hydroxylation is 1. The largest absolute Gasteiger partial charge is 0.508 e. The van der Waals surface area contributed by atoms with Crippen LogP contribution in [0, 0.1) is 0 Å². The molecule has 0 saturated heterocycles. The molecule has 0 heterocycles. The molecular formula is C14H18BrNO3. The van der Waals surface area contributed by atoms with Crippen LogP contribution < -0.4 is 4.34 Å². The summed E-state index contributed by atoms with van der Waals surface area (Å²) in [6, 6.07) is 3.07. The van der Waals surface area contributed by atoms with E-state index in [0.717, 1.165) is 31.2 Å². The summed E-state index contributed by atoms with van der Waals surface area (Å²) in [7, 11) is 0. The summed E-state index contributed by atoms with van der Waals surface area (Å²) in [6.07, 6.45) is 5.40. The third-order valence-electron chi connectivity index (χ3n) is 3.74. The highest BCUT2D eigenvalue weighted by atomic mass is 79.9. The van der Waals surface area contributed by atoms with Gasteiger partial charge in [-0.3, -0.25) is 4.79 Å². The highest BCUT2D eigenvalue weighted by Gasteiger charge is 2.19. The van der Waals surface area contributed by atoms with Gasteiger partial charge >= 0.3 is 5.97 Å². The molecule has 2 rings (SSSR count). The lowest BCUT2D eigenvalue weighted by Gasteiger charge is -2.21. The number of phenolic OH excluding ortho intramolecular Hbond substituents is 1. The van der Waals surface area contributed by atoms with E-state index in [1.165, 1.54) is 11.1 Å². The fourth-order valence-electron chi connectivity index (χ4n) is 2.68. The summed E-state index contributed by atoms with van der Waals surface area (Å²) in [5.41, 5.74) is 3.45. The maximum Gasteiger partial charge on any atom is 0.321 e. The molecule has 0 aliphatic heterocycles. The Morgan fingerprint density at radius 1 is 1.32 bits per heavy atom. The number of carbonyl (C=O) groups is 1. The highest BCUT2D eigenvalue weighted by molar-refractivity contribution is 9.08. The quantitative estimate of drug-likeness (QED) is 0.727. The summed E-state index contributed by atoms with van der Waals surface area (Å²) in [5, 5.41) is 18.9. The van der Waals surface area contributed by atoms with Gasteiger partial charge in [0, 0.05) is 16.1 Å². The van der Waals surface area contributed by atoms with Crippen molar-refractivity contribution in [1.29, 1.82) is 0 Å². The zero-order valence-corrected chi connectivity index (χ0v) is 12.2. The van der Waals surface area contributed by atoms with Crippen molar-refractivity contribution in [2.45, 2.75) is 44.6 Å². The first-order valence-electron chi connectivity index (χ1n) is 6.55. The van der Waals surface area contributed by atoms with Gasteiger partial charge in [-0.15, -0.1) is 0 Å². The summed E-state index contributed by atoms with van der Waals surface area (Å²) in [4.78, 5) is 11.0. The van der Waals surface area contributed by atoms with Gasteiger partial charge in [0.1, 0.15) is 11.8 Å². The van der Waals surface area contributed by atoms with Crippen LogP contribution in [0.25, 0.3) is 0 Å². The molecule has 3 N–H and O–H groups in total. The van der Waals surface area contributed by atoms with E-state index < -0.39 is 12.0 Å². The number of fused-ring (bicyclic) bond motifs is 1. The Morgan fingerprint density at radius 2 is 2.00 bits per heavy atom. The number of aromatic hydroxyl groups is 1. The van der Waals surface area contributed by atoms with Gasteiger partial charge in [-0.2, -0.15) is 0 Å². The van der Waals surface area contributed by atoms with Crippen molar-refractivity contribution in [3.05, 3.63) is 28.8 Å². The average Bonchev–Trinajstić information content (AvgIpc) is 2.42. The minimum Gasteiger partial charge on any atom is -0.508 e. The number of phenols is 1. The van der Waals surface area contributed by atoms with E-state index >= 15 is 0 Å². The van der Waals surface area contributed by atoms with Crippen molar-refractivity contribution in [3.63, 3.8) is 0 Å². The highest BCUT2D eigenvalue weighted by Crippen LogP contribution is 2.32. The summed E-state index contributed by atoms with van der Waals surface area (Å²) < 4.78 is 2.63. The molecule has 1 aromatic rings. The molecule has 104 valence electrons. The molecule has 19 heavy (non-hydrogen) atoms. The SMILES string of the molecule is O=C(O)[C@H](CCc1ccc(O)c2c1CCCC2)NBr. The second kappa shape index (κ2) is 6.39. The number of hydrogen-bond donors (Lipinski definition) is 3. The minimum absolute atomic E-state index is 0.381. The number of carboxylic acid groups (broad SMARTS) is 1. The minimum atomic E-state index is -0.857. The van der Waals surface area contributed by atoms with Crippen LogP contribution >= 0.6 is 16.1 Å². The van der Waals surface area contributed by atoms with E-state index in [9.17, 15) is 9.90 Å². The second-order valence-corrected chi connectivity index (χ2v) is 5.40. The Balaban J connectivity index is 2.15. The lowest BCUT2D eigenvalue weighted by molar-refractivity contribution is -0.139. The molecular weight excluding hydrogens is 310 g/mol. The van der Waals surface area contributed by atoms with E-state index in [1.54, 1.807) is 6.07 Å². The van der Waals surface area contributed by atoms with Crippen molar-refractivity contribution < 1.29 is 15.0 Å². The van der Waals surface area contributed by atoms with E-state index in [0.29, 0.717) is 18.6 Å². The predicted octanol–water partition coefficient (Wildman–Crippen LogP) is 2.56. The normalized spacial score (nSPS) is 15.8. The molecule has 0 saturated carbocycles. The molecule has 0 bridgehead atoms. The molecule has 0 unspecified atom stereocenters. The molecule has 1 aliphatic carbocycles. The van der Waals surface area contributed by atoms with Crippen LogP contribution in [-0.2, 0) is 24.1 Å². The van der Waals surface area contributed by atoms with Crippen LogP contribution in [0.15, 0.2) is 12.1 Å². The number of carboxylic acids is 1. The lowest BCUT2D eigenvalue weighted by Crippen LogP contribution is -2.30. The fraction of sp³-hybridized carbons (Fsp3) is 0.500. The monoisotopic (exact) mass is 327 g/mol. The number of hydrogen-bond acceptors (Lipinski definition) is 3. The summed E-state index contributed by atoms with van der Waals surface area (Å²) >= 11 is 3.01. The van der Waals surface area contributed by atoms with Gasteiger partial charge in [-0.05, 0) is 61.3 Å². The maximum absolute atomic E-state index is 11.0. The molecule has 4 nitrogen and oxygen atoms in total. The molecule has 1 atom stereocenters. The fourth-order valence-corrected chi connectivity index (χ4v) is 3.11. The summed E-state index contributed by atoms with van der Waals surface area (Å²) in [5.74, 6) is -0.476. The molecule has 5 heteroatoms. The van der Waals surface area contributed by atoms with Crippen LogP contribution in [0.3, 0.4) is 0 Å². The average molecular weight is 328 g/mol. The first kappa shape index (κ1) is 14.3. The van der Waals surface area contributed by atoms with Crippen molar-refractivity contribution in [2.75, 3.05) is 0 Å². The standard InChI is InChI=1S/C14H18BrNO3/c15-16-12(14(18)19)7-5-9-6-8-13(17)11-4-2-1-3-10(9)11/h6,8,12,16-17H,1-5,7H2,(H,18,19)/t12-/m0/s1. The smallest absolute Gasteiger partial charge is 0.321 e. The third kappa shape index (κ3) is 3.28. The Labute approximate surface area is 121 Å². The van der Waals surface area contributed by atoms with Gasteiger partial charge in [0.2, 0.25) is 0 Å². The van der Waals surface area contributed by atoms with Crippen LogP contribution in [0.2, 0.25) is 0 Å². The van der Waals surface area contributed by atoms with Crippen LogP contribution in [0.1, 0.15) is 36.0 Å². The Hall–Kier alpha value is -1.07. The molecule has 0 fully saturated rings. The van der Waals surface area contributed by atoms with Crippen molar-refractivity contribution >= 4 is 22.1 Å². The van der Waals surface area contributed by atoms with Gasteiger partial charge in [-0.25, -0.2) is 4.34 Å². The van der Waals surface area contributed by atoms with Gasteiger partial charge in [0.25, 0.3) is 0 Å². The molecule has 0 spiro atoms. The van der Waals surface area contributed by atoms with Gasteiger partial charge in [-0.1, -0.05) is 6.07 Å². The zero-order valence-electron chi connectivity index (χ0n) is 10.7. The number of rotatable bonds is 5. The molecule has 1 aliphatic rings. The van der Waals surface area contributed by atoms with Gasteiger partial charge in [0.15, 0.2) is 0 Å². The lowest BCUT2D eigenvalue weighted by atomic mass is 9.86. The van der Waals surface area contributed by atoms with Gasteiger partial charge < -0.3 is 10.2 Å². The van der Waals surface area contributed by atoms with Crippen molar-refractivity contribution in [3.8, 4) is 5.75 Å². The van der Waals surface area contributed by atoms with Crippen LogP contribution in [0.4, 0.5) is 0 Å². The van der Waals surface area contributed by atoms with Gasteiger partial charge in [0.05, 0.1) is 0 Å². The summed E-state index contributed by atoms with van der Waals surface area (Å²) in [6.45, 7) is 0. The number of nitrogens with one attached hydrogen (secondary N) is 1.